The minimum Gasteiger partial charge on any atom is -0.496 e. The molecule has 1 N–H and O–H groups in total. The van der Waals surface area contributed by atoms with Gasteiger partial charge < -0.3 is 9.47 Å². The van der Waals surface area contributed by atoms with Crippen molar-refractivity contribution in [1.82, 2.24) is 10.4 Å². The number of methoxy groups -OCH3 is 2. The fraction of sp³-hybridized carbons (Fsp3) is 0.538. The Morgan fingerprint density at radius 2 is 2.00 bits per heavy atom. The molecular formula is C13H22N2O2. The zero-order chi connectivity index (χ0) is 12.8. The number of hydrogen-bond donors (Lipinski definition) is 1. The van der Waals surface area contributed by atoms with E-state index in [4.69, 9.17) is 9.47 Å². The predicted molar refractivity (Wildman–Crippen MR) is 68.9 cm³/mol. The quantitative estimate of drug-likeness (QED) is 0.768. The molecule has 0 spiro atoms. The van der Waals surface area contributed by atoms with Gasteiger partial charge in [0.05, 0.1) is 13.7 Å². The van der Waals surface area contributed by atoms with Crippen molar-refractivity contribution in [3.8, 4) is 5.75 Å². The van der Waals surface area contributed by atoms with Crippen LogP contribution in [0.2, 0.25) is 0 Å². The van der Waals surface area contributed by atoms with Gasteiger partial charge in [-0.2, -0.15) is 0 Å². The molecule has 1 rings (SSSR count). The SMILES string of the molecule is COCc1cc(C(C)NN(C)C)ccc1OC. The molecule has 1 aromatic carbocycles. The molecule has 0 heterocycles. The largest absolute Gasteiger partial charge is 0.496 e. The zero-order valence-corrected chi connectivity index (χ0v) is 11.3. The maximum absolute atomic E-state index is 5.30. The lowest BCUT2D eigenvalue weighted by Gasteiger charge is -2.20. The second-order valence-electron chi connectivity index (χ2n) is 4.25. The van der Waals surface area contributed by atoms with Gasteiger partial charge in [-0.25, -0.2) is 5.43 Å². The van der Waals surface area contributed by atoms with Gasteiger partial charge in [-0.05, 0) is 24.6 Å². The maximum atomic E-state index is 5.30. The van der Waals surface area contributed by atoms with E-state index in [2.05, 4.69) is 24.5 Å². The zero-order valence-electron chi connectivity index (χ0n) is 11.3. The molecule has 4 nitrogen and oxygen atoms in total. The Hall–Kier alpha value is -1.10. The molecule has 4 heteroatoms. The Kier molecular flexibility index (Phi) is 5.41. The summed E-state index contributed by atoms with van der Waals surface area (Å²) in [4.78, 5) is 0. The summed E-state index contributed by atoms with van der Waals surface area (Å²) in [5.41, 5.74) is 5.60. The number of hydrazine groups is 1. The molecule has 0 aromatic heterocycles. The molecule has 0 amide bonds. The van der Waals surface area contributed by atoms with Crippen LogP contribution in [0.1, 0.15) is 24.1 Å². The summed E-state index contributed by atoms with van der Waals surface area (Å²) in [6, 6.07) is 6.42. The molecular weight excluding hydrogens is 216 g/mol. The van der Waals surface area contributed by atoms with E-state index < -0.39 is 0 Å². The normalized spacial score (nSPS) is 12.8. The number of rotatable bonds is 6. The fourth-order valence-electron chi connectivity index (χ4n) is 1.80. The van der Waals surface area contributed by atoms with E-state index >= 15 is 0 Å². The van der Waals surface area contributed by atoms with Gasteiger partial charge in [-0.15, -0.1) is 0 Å². The third-order valence-corrected chi connectivity index (χ3v) is 2.56. The average Bonchev–Trinajstić information content (AvgIpc) is 2.28. The van der Waals surface area contributed by atoms with Gasteiger partial charge >= 0.3 is 0 Å². The van der Waals surface area contributed by atoms with Crippen LogP contribution in [-0.2, 0) is 11.3 Å². The molecule has 1 aromatic rings. The van der Waals surface area contributed by atoms with Crippen LogP contribution in [0.15, 0.2) is 18.2 Å². The minimum atomic E-state index is 0.256. The molecule has 0 fully saturated rings. The highest BCUT2D eigenvalue weighted by Gasteiger charge is 2.09. The lowest BCUT2D eigenvalue weighted by atomic mass is 10.0. The number of nitrogens with zero attached hydrogens (tertiary/aromatic N) is 1. The average molecular weight is 238 g/mol. The molecule has 0 aliphatic heterocycles. The van der Waals surface area contributed by atoms with Crippen LogP contribution in [-0.4, -0.2) is 33.3 Å². The maximum Gasteiger partial charge on any atom is 0.124 e. The van der Waals surface area contributed by atoms with E-state index in [0.717, 1.165) is 11.3 Å². The Balaban J connectivity index is 2.90. The molecule has 0 aliphatic carbocycles. The summed E-state index contributed by atoms with van der Waals surface area (Å²) in [6.45, 7) is 2.68. The van der Waals surface area contributed by atoms with Crippen molar-refractivity contribution in [3.63, 3.8) is 0 Å². The first kappa shape index (κ1) is 14.0. The third kappa shape index (κ3) is 4.00. The van der Waals surface area contributed by atoms with Gasteiger partial charge in [0, 0.05) is 32.8 Å². The van der Waals surface area contributed by atoms with Gasteiger partial charge in [-0.3, -0.25) is 5.01 Å². The number of nitrogens with one attached hydrogen (secondary N) is 1. The van der Waals surface area contributed by atoms with E-state index in [1.54, 1.807) is 14.2 Å². The Bertz CT molecular complexity index is 353. The standard InChI is InChI=1S/C13H22N2O2/c1-10(14-15(2)3)11-6-7-13(17-5)12(8-11)9-16-4/h6-8,10,14H,9H2,1-5H3. The van der Waals surface area contributed by atoms with E-state index in [-0.39, 0.29) is 6.04 Å². The Morgan fingerprint density at radius 3 is 2.53 bits per heavy atom. The van der Waals surface area contributed by atoms with Crippen LogP contribution in [0, 0.1) is 0 Å². The van der Waals surface area contributed by atoms with Crippen molar-refractivity contribution >= 4 is 0 Å². The molecule has 17 heavy (non-hydrogen) atoms. The molecule has 0 aliphatic rings. The highest BCUT2D eigenvalue weighted by atomic mass is 16.5. The molecule has 0 bridgehead atoms. The van der Waals surface area contributed by atoms with Gasteiger partial charge in [0.25, 0.3) is 0 Å². The Labute approximate surface area is 103 Å². The second-order valence-corrected chi connectivity index (χ2v) is 4.25. The van der Waals surface area contributed by atoms with Crippen LogP contribution in [0.5, 0.6) is 5.75 Å². The smallest absolute Gasteiger partial charge is 0.124 e. The summed E-state index contributed by atoms with van der Waals surface area (Å²) in [5, 5.41) is 1.95. The number of benzene rings is 1. The lowest BCUT2D eigenvalue weighted by Crippen LogP contribution is -2.32. The fourth-order valence-corrected chi connectivity index (χ4v) is 1.80. The molecule has 96 valence electrons. The lowest BCUT2D eigenvalue weighted by molar-refractivity contribution is 0.181. The van der Waals surface area contributed by atoms with E-state index in [9.17, 15) is 0 Å². The number of hydrogen-bond acceptors (Lipinski definition) is 4. The molecule has 0 saturated heterocycles. The summed E-state index contributed by atoms with van der Waals surface area (Å²) >= 11 is 0. The van der Waals surface area contributed by atoms with Crippen LogP contribution >= 0.6 is 0 Å². The van der Waals surface area contributed by atoms with Gasteiger partial charge in [-0.1, -0.05) is 6.07 Å². The number of ether oxygens (including phenoxy) is 2. The van der Waals surface area contributed by atoms with Crippen molar-refractivity contribution in [2.24, 2.45) is 0 Å². The van der Waals surface area contributed by atoms with Gasteiger partial charge in [0.1, 0.15) is 5.75 Å². The molecule has 1 unspecified atom stereocenters. The summed E-state index contributed by atoms with van der Waals surface area (Å²) < 4.78 is 10.5. The summed E-state index contributed by atoms with van der Waals surface area (Å²) in [7, 11) is 7.33. The summed E-state index contributed by atoms with van der Waals surface area (Å²) in [5.74, 6) is 0.868. The summed E-state index contributed by atoms with van der Waals surface area (Å²) in [6.07, 6.45) is 0. The van der Waals surface area contributed by atoms with Gasteiger partial charge in [0.15, 0.2) is 0 Å². The molecule has 0 radical (unpaired) electrons. The predicted octanol–water partition coefficient (Wildman–Crippen LogP) is 1.97. The van der Waals surface area contributed by atoms with Crippen molar-refractivity contribution < 1.29 is 9.47 Å². The molecule has 1 atom stereocenters. The third-order valence-electron chi connectivity index (χ3n) is 2.56. The van der Waals surface area contributed by atoms with Gasteiger partial charge in [0.2, 0.25) is 0 Å². The van der Waals surface area contributed by atoms with Crippen LogP contribution < -0.4 is 10.2 Å². The first-order valence-electron chi connectivity index (χ1n) is 5.67. The highest BCUT2D eigenvalue weighted by Crippen LogP contribution is 2.23. The minimum absolute atomic E-state index is 0.256. The van der Waals surface area contributed by atoms with Crippen molar-refractivity contribution in [1.29, 1.82) is 0 Å². The van der Waals surface area contributed by atoms with Crippen molar-refractivity contribution in [2.45, 2.75) is 19.6 Å². The van der Waals surface area contributed by atoms with E-state index in [1.807, 2.05) is 25.2 Å². The van der Waals surface area contributed by atoms with Crippen LogP contribution in [0.3, 0.4) is 0 Å². The van der Waals surface area contributed by atoms with E-state index in [1.165, 1.54) is 5.56 Å². The van der Waals surface area contributed by atoms with Crippen LogP contribution in [0.25, 0.3) is 0 Å². The van der Waals surface area contributed by atoms with Crippen molar-refractivity contribution in [3.05, 3.63) is 29.3 Å². The Morgan fingerprint density at radius 1 is 1.29 bits per heavy atom. The van der Waals surface area contributed by atoms with Crippen LogP contribution in [0.4, 0.5) is 0 Å². The molecule has 0 saturated carbocycles. The topological polar surface area (TPSA) is 33.7 Å². The second kappa shape index (κ2) is 6.59. The van der Waals surface area contributed by atoms with E-state index in [0.29, 0.717) is 6.61 Å². The highest BCUT2D eigenvalue weighted by molar-refractivity contribution is 5.37. The van der Waals surface area contributed by atoms with Crippen molar-refractivity contribution in [2.75, 3.05) is 28.3 Å². The monoisotopic (exact) mass is 238 g/mol. The first-order chi connectivity index (χ1) is 8.08. The first-order valence-corrected chi connectivity index (χ1v) is 5.67.